The molecule has 2 rings (SSSR count). The van der Waals surface area contributed by atoms with Crippen LogP contribution in [0.15, 0.2) is 53.4 Å². The average Bonchev–Trinajstić information content (AvgIpc) is 2.52. The molecule has 0 aliphatic rings. The van der Waals surface area contributed by atoms with E-state index in [-0.39, 0.29) is 6.54 Å². The molecule has 0 radical (unpaired) electrons. The molecule has 24 heavy (non-hydrogen) atoms. The van der Waals surface area contributed by atoms with E-state index in [0.29, 0.717) is 12.8 Å². The van der Waals surface area contributed by atoms with Gasteiger partial charge in [0.1, 0.15) is 11.6 Å². The van der Waals surface area contributed by atoms with E-state index in [1.165, 1.54) is 6.92 Å². The van der Waals surface area contributed by atoms with Crippen molar-refractivity contribution in [3.63, 3.8) is 0 Å². The third-order valence-corrected chi connectivity index (χ3v) is 5.08. The molecule has 1 unspecified atom stereocenters. The minimum Gasteiger partial charge on any atom is -0.389 e. The molecule has 0 saturated carbocycles. The Kier molecular flexibility index (Phi) is 5.69. The number of halogens is 2. The van der Waals surface area contributed by atoms with Crippen molar-refractivity contribution in [3.05, 3.63) is 65.7 Å². The van der Waals surface area contributed by atoms with Crippen molar-refractivity contribution in [1.82, 2.24) is 4.72 Å². The highest BCUT2D eigenvalue weighted by Gasteiger charge is 2.28. The van der Waals surface area contributed by atoms with Crippen molar-refractivity contribution < 1.29 is 22.3 Å². The van der Waals surface area contributed by atoms with Crippen LogP contribution in [-0.4, -0.2) is 25.7 Å². The summed E-state index contributed by atoms with van der Waals surface area (Å²) < 4.78 is 53.5. The zero-order valence-electron chi connectivity index (χ0n) is 13.2. The van der Waals surface area contributed by atoms with Crippen LogP contribution in [0.1, 0.15) is 18.9 Å². The number of hydrogen-bond donors (Lipinski definition) is 2. The molecule has 0 amide bonds. The van der Waals surface area contributed by atoms with Crippen LogP contribution in [0.25, 0.3) is 0 Å². The number of nitrogens with one attached hydrogen (secondary N) is 1. The first kappa shape index (κ1) is 18.5. The van der Waals surface area contributed by atoms with Gasteiger partial charge in [0.25, 0.3) is 0 Å². The van der Waals surface area contributed by atoms with Crippen LogP contribution in [0.3, 0.4) is 0 Å². The predicted molar refractivity (Wildman–Crippen MR) is 86.9 cm³/mol. The van der Waals surface area contributed by atoms with Gasteiger partial charge in [0.2, 0.25) is 10.0 Å². The lowest BCUT2D eigenvalue weighted by molar-refractivity contribution is 0.0564. The normalized spacial score (nSPS) is 14.3. The van der Waals surface area contributed by atoms with Crippen LogP contribution in [0, 0.1) is 11.6 Å². The molecule has 0 bridgehead atoms. The van der Waals surface area contributed by atoms with E-state index in [1.807, 2.05) is 30.3 Å². The molecular formula is C17H19F2NO3S. The van der Waals surface area contributed by atoms with Crippen molar-refractivity contribution in [1.29, 1.82) is 0 Å². The summed E-state index contributed by atoms with van der Waals surface area (Å²) in [5.74, 6) is -2.35. The lowest BCUT2D eigenvalue weighted by atomic mass is 9.97. The SMILES string of the molecule is CC(O)(CCc1ccccc1)CNS(=O)(=O)c1c(F)cccc1F. The summed E-state index contributed by atoms with van der Waals surface area (Å²) >= 11 is 0. The van der Waals surface area contributed by atoms with Crippen LogP contribution in [-0.2, 0) is 16.4 Å². The third-order valence-electron chi connectivity index (χ3n) is 3.63. The first-order valence-corrected chi connectivity index (χ1v) is 8.90. The van der Waals surface area contributed by atoms with Gasteiger partial charge in [-0.3, -0.25) is 0 Å². The van der Waals surface area contributed by atoms with Gasteiger partial charge < -0.3 is 5.11 Å². The summed E-state index contributed by atoms with van der Waals surface area (Å²) in [7, 11) is -4.40. The van der Waals surface area contributed by atoms with Crippen LogP contribution in [0.4, 0.5) is 8.78 Å². The Morgan fingerprint density at radius 1 is 1.04 bits per heavy atom. The molecule has 0 aliphatic heterocycles. The van der Waals surface area contributed by atoms with Crippen LogP contribution in [0.2, 0.25) is 0 Å². The van der Waals surface area contributed by atoms with Crippen molar-refractivity contribution >= 4 is 10.0 Å². The second-order valence-corrected chi connectivity index (χ2v) is 7.56. The zero-order chi connectivity index (χ0) is 17.8. The number of rotatable bonds is 7. The smallest absolute Gasteiger partial charge is 0.246 e. The summed E-state index contributed by atoms with van der Waals surface area (Å²) in [4.78, 5) is -1.04. The summed E-state index contributed by atoms with van der Waals surface area (Å²) in [5.41, 5.74) is -0.356. The monoisotopic (exact) mass is 355 g/mol. The summed E-state index contributed by atoms with van der Waals surface area (Å²) in [5, 5.41) is 10.3. The first-order valence-electron chi connectivity index (χ1n) is 7.41. The Morgan fingerprint density at radius 3 is 2.21 bits per heavy atom. The fraction of sp³-hybridized carbons (Fsp3) is 0.294. The molecule has 0 heterocycles. The van der Waals surface area contributed by atoms with E-state index in [4.69, 9.17) is 0 Å². The second kappa shape index (κ2) is 7.38. The molecule has 7 heteroatoms. The number of hydrogen-bond acceptors (Lipinski definition) is 3. The highest BCUT2D eigenvalue weighted by Crippen LogP contribution is 2.19. The van der Waals surface area contributed by atoms with Gasteiger partial charge in [-0.1, -0.05) is 36.4 Å². The van der Waals surface area contributed by atoms with E-state index >= 15 is 0 Å². The molecule has 4 nitrogen and oxygen atoms in total. The molecule has 2 N–H and O–H groups in total. The third kappa shape index (κ3) is 4.83. The Morgan fingerprint density at radius 2 is 1.62 bits per heavy atom. The number of sulfonamides is 1. The molecule has 0 aliphatic carbocycles. The topological polar surface area (TPSA) is 66.4 Å². The van der Waals surface area contributed by atoms with E-state index in [2.05, 4.69) is 4.72 Å². The molecular weight excluding hydrogens is 336 g/mol. The standard InChI is InChI=1S/C17H19F2NO3S/c1-17(21,11-10-13-6-3-2-4-7-13)12-20-24(22,23)16-14(18)8-5-9-15(16)19/h2-9,20-21H,10-12H2,1H3. The maximum absolute atomic E-state index is 13.6. The molecule has 1 atom stereocenters. The molecule has 0 saturated heterocycles. The van der Waals surface area contributed by atoms with Crippen molar-refractivity contribution in [2.24, 2.45) is 0 Å². The largest absolute Gasteiger partial charge is 0.389 e. The molecule has 130 valence electrons. The van der Waals surface area contributed by atoms with Gasteiger partial charge in [-0.25, -0.2) is 21.9 Å². The minimum absolute atomic E-state index is 0.291. The van der Waals surface area contributed by atoms with Crippen LogP contribution < -0.4 is 4.72 Å². The fourth-order valence-electron chi connectivity index (χ4n) is 2.21. The quantitative estimate of drug-likeness (QED) is 0.802. The molecule has 2 aromatic rings. The number of aliphatic hydroxyl groups is 1. The highest BCUT2D eigenvalue weighted by molar-refractivity contribution is 7.89. The van der Waals surface area contributed by atoms with Gasteiger partial charge in [-0.05, 0) is 37.5 Å². The molecule has 0 fully saturated rings. The summed E-state index contributed by atoms with van der Waals surface area (Å²) in [6, 6.07) is 12.2. The Bertz CT molecular complexity index is 772. The van der Waals surface area contributed by atoms with Crippen molar-refractivity contribution in [2.45, 2.75) is 30.3 Å². The lowest BCUT2D eigenvalue weighted by Gasteiger charge is -2.23. The maximum atomic E-state index is 13.6. The van der Waals surface area contributed by atoms with Gasteiger partial charge in [0, 0.05) is 6.54 Å². The van der Waals surface area contributed by atoms with Gasteiger partial charge >= 0.3 is 0 Å². The van der Waals surface area contributed by atoms with Gasteiger partial charge in [0.05, 0.1) is 5.60 Å². The van der Waals surface area contributed by atoms with Gasteiger partial charge in [-0.2, -0.15) is 0 Å². The molecule has 0 aromatic heterocycles. The minimum atomic E-state index is -4.40. The number of aryl methyl sites for hydroxylation is 1. The zero-order valence-corrected chi connectivity index (χ0v) is 14.0. The number of benzene rings is 2. The van der Waals surface area contributed by atoms with E-state index in [1.54, 1.807) is 0 Å². The molecule has 2 aromatic carbocycles. The van der Waals surface area contributed by atoms with Crippen LogP contribution in [0.5, 0.6) is 0 Å². The van der Waals surface area contributed by atoms with Crippen molar-refractivity contribution in [3.8, 4) is 0 Å². The van der Waals surface area contributed by atoms with E-state index in [0.717, 1.165) is 23.8 Å². The average molecular weight is 355 g/mol. The fourth-order valence-corrected chi connectivity index (χ4v) is 3.50. The van der Waals surface area contributed by atoms with Crippen molar-refractivity contribution in [2.75, 3.05) is 6.54 Å². The maximum Gasteiger partial charge on any atom is 0.246 e. The lowest BCUT2D eigenvalue weighted by Crippen LogP contribution is -2.41. The van der Waals surface area contributed by atoms with E-state index < -0.39 is 32.2 Å². The van der Waals surface area contributed by atoms with E-state index in [9.17, 15) is 22.3 Å². The second-order valence-electron chi connectivity index (χ2n) is 5.86. The molecule has 0 spiro atoms. The Hall–Kier alpha value is -1.83. The van der Waals surface area contributed by atoms with Gasteiger partial charge in [-0.15, -0.1) is 0 Å². The summed E-state index contributed by atoms with van der Waals surface area (Å²) in [6.07, 6.45) is 0.836. The first-order chi connectivity index (χ1) is 11.2. The summed E-state index contributed by atoms with van der Waals surface area (Å²) in [6.45, 7) is 1.12. The van der Waals surface area contributed by atoms with Gasteiger partial charge in [0.15, 0.2) is 4.90 Å². The van der Waals surface area contributed by atoms with Crippen LogP contribution >= 0.6 is 0 Å². The predicted octanol–water partition coefficient (Wildman–Crippen LogP) is 2.63. The highest BCUT2D eigenvalue weighted by atomic mass is 32.2. The Balaban J connectivity index is 2.02. The Labute approximate surface area is 140 Å².